The van der Waals surface area contributed by atoms with Crippen molar-refractivity contribution in [2.75, 3.05) is 18.0 Å². The Labute approximate surface area is 174 Å². The van der Waals surface area contributed by atoms with Crippen LogP contribution in [0.15, 0.2) is 28.0 Å². The lowest BCUT2D eigenvalue weighted by molar-refractivity contribution is -0.120. The summed E-state index contributed by atoms with van der Waals surface area (Å²) >= 11 is 1.28. The molecule has 0 unspecified atom stereocenters. The maximum absolute atomic E-state index is 12.5. The molecule has 1 aliphatic rings. The van der Waals surface area contributed by atoms with E-state index in [0.29, 0.717) is 17.6 Å². The number of rotatable bonds is 7. The number of anilines is 1. The minimum atomic E-state index is -0.860. The number of carbonyl (C=O) groups excluding carboxylic acids is 2. The van der Waals surface area contributed by atoms with E-state index < -0.39 is 17.2 Å². The summed E-state index contributed by atoms with van der Waals surface area (Å²) in [6.07, 6.45) is 3.94. The van der Waals surface area contributed by atoms with E-state index in [2.05, 4.69) is 27.3 Å². The molecule has 2 atom stereocenters. The second kappa shape index (κ2) is 9.34. The van der Waals surface area contributed by atoms with Crippen molar-refractivity contribution in [1.29, 1.82) is 0 Å². The molecule has 0 radical (unpaired) electrons. The summed E-state index contributed by atoms with van der Waals surface area (Å²) in [5.41, 5.74) is 5.13. The number of nitrogens with one attached hydrogen (secondary N) is 1. The van der Waals surface area contributed by atoms with Crippen molar-refractivity contribution in [3.63, 3.8) is 0 Å². The molecule has 2 aromatic rings. The summed E-state index contributed by atoms with van der Waals surface area (Å²) < 4.78 is 7.51. The summed E-state index contributed by atoms with van der Waals surface area (Å²) in [5.74, 6) is 1.66. The second-order valence-corrected chi connectivity index (χ2v) is 8.89. The minimum absolute atomic E-state index is 0.0356. The van der Waals surface area contributed by atoms with Crippen LogP contribution in [0, 0.1) is 11.8 Å². The van der Waals surface area contributed by atoms with Crippen molar-refractivity contribution in [3.05, 3.63) is 24.2 Å². The summed E-state index contributed by atoms with van der Waals surface area (Å²) in [4.78, 5) is 25.8. The molecule has 3 heterocycles. The first kappa shape index (κ1) is 21.2. The van der Waals surface area contributed by atoms with Crippen LogP contribution < -0.4 is 16.0 Å². The number of amides is 3. The van der Waals surface area contributed by atoms with Crippen LogP contribution in [-0.2, 0) is 11.3 Å². The van der Waals surface area contributed by atoms with Gasteiger partial charge in [-0.05, 0) is 36.8 Å². The molecule has 0 aromatic carbocycles. The zero-order valence-electron chi connectivity index (χ0n) is 17.0. The van der Waals surface area contributed by atoms with Gasteiger partial charge in [0.15, 0.2) is 5.16 Å². The monoisotopic (exact) mass is 420 g/mol. The third kappa shape index (κ3) is 5.31. The van der Waals surface area contributed by atoms with E-state index >= 15 is 0 Å². The molecule has 0 bridgehead atoms. The van der Waals surface area contributed by atoms with Gasteiger partial charge in [0.25, 0.3) is 0 Å². The van der Waals surface area contributed by atoms with Gasteiger partial charge in [-0.2, -0.15) is 0 Å². The number of nitrogens with zero attached hydrogens (tertiary/aromatic N) is 4. The van der Waals surface area contributed by atoms with Crippen LogP contribution in [0.4, 0.5) is 10.7 Å². The van der Waals surface area contributed by atoms with Crippen LogP contribution in [-0.4, -0.2) is 45.0 Å². The second-order valence-electron chi connectivity index (χ2n) is 7.78. The van der Waals surface area contributed by atoms with Gasteiger partial charge >= 0.3 is 6.03 Å². The zero-order chi connectivity index (χ0) is 21.0. The Balaban J connectivity index is 1.90. The molecular weight excluding hydrogens is 392 g/mol. The molecular formula is C19H28N6O3S. The first-order valence-corrected chi connectivity index (χ1v) is 10.7. The van der Waals surface area contributed by atoms with Gasteiger partial charge in [0, 0.05) is 13.1 Å². The number of hydrogen-bond acceptors (Lipinski definition) is 7. The maximum atomic E-state index is 12.5. The van der Waals surface area contributed by atoms with Crippen molar-refractivity contribution >= 4 is 29.6 Å². The van der Waals surface area contributed by atoms with Crippen molar-refractivity contribution in [3.8, 4) is 0 Å². The average Bonchev–Trinajstić information content (AvgIpc) is 3.29. The number of aromatic nitrogens is 3. The Bertz CT molecular complexity index is 835. The molecule has 3 rings (SSSR count). The summed E-state index contributed by atoms with van der Waals surface area (Å²) in [5, 5.41) is 11.1. The maximum Gasteiger partial charge on any atom is 0.318 e. The van der Waals surface area contributed by atoms with Crippen LogP contribution in [0.3, 0.4) is 0 Å². The third-order valence-corrected chi connectivity index (χ3v) is 6.40. The van der Waals surface area contributed by atoms with Crippen molar-refractivity contribution < 1.29 is 14.0 Å². The van der Waals surface area contributed by atoms with Gasteiger partial charge < -0.3 is 15.1 Å². The first-order valence-electron chi connectivity index (χ1n) is 9.82. The van der Waals surface area contributed by atoms with Crippen LogP contribution in [0.1, 0.15) is 39.4 Å². The van der Waals surface area contributed by atoms with E-state index in [1.54, 1.807) is 6.26 Å². The van der Waals surface area contributed by atoms with E-state index in [0.717, 1.165) is 31.2 Å². The molecule has 9 nitrogen and oxygen atoms in total. The molecule has 3 N–H and O–H groups in total. The highest BCUT2D eigenvalue weighted by Gasteiger charge is 2.29. The van der Waals surface area contributed by atoms with E-state index in [1.807, 2.05) is 30.5 Å². The molecule has 2 aromatic heterocycles. The zero-order valence-corrected chi connectivity index (χ0v) is 17.8. The lowest BCUT2D eigenvalue weighted by Crippen LogP contribution is -2.42. The Kier molecular flexibility index (Phi) is 6.83. The standard InChI is InChI=1S/C19H28N6O3S/c1-12(2)15(16(26)21-17(20)27)29-19-23-22-18(24-8-4-6-13(3)10-24)25(19)11-14-7-5-9-28-14/h5,7,9,12-13,15H,4,6,8,10-11H2,1-3H3,(H3,20,21,26,27)/t13-,15-/m0/s1. The number of imide groups is 1. The van der Waals surface area contributed by atoms with Crippen LogP contribution >= 0.6 is 11.8 Å². The number of hydrogen-bond donors (Lipinski definition) is 2. The molecule has 0 spiro atoms. The van der Waals surface area contributed by atoms with Crippen LogP contribution in [0.25, 0.3) is 0 Å². The molecule has 0 saturated carbocycles. The number of carbonyl (C=O) groups is 2. The normalized spacial score (nSPS) is 18.1. The van der Waals surface area contributed by atoms with Gasteiger partial charge in [-0.15, -0.1) is 10.2 Å². The van der Waals surface area contributed by atoms with Crippen molar-refractivity contribution in [2.45, 2.75) is 50.6 Å². The van der Waals surface area contributed by atoms with Gasteiger partial charge in [-0.25, -0.2) is 4.79 Å². The highest BCUT2D eigenvalue weighted by molar-refractivity contribution is 8.00. The van der Waals surface area contributed by atoms with E-state index in [-0.39, 0.29) is 5.92 Å². The number of urea groups is 1. The van der Waals surface area contributed by atoms with Crippen molar-refractivity contribution in [2.24, 2.45) is 17.6 Å². The van der Waals surface area contributed by atoms with Crippen molar-refractivity contribution in [1.82, 2.24) is 20.1 Å². The smallest absolute Gasteiger partial charge is 0.318 e. The Morgan fingerprint density at radius 2 is 2.21 bits per heavy atom. The van der Waals surface area contributed by atoms with E-state index in [9.17, 15) is 9.59 Å². The number of furan rings is 1. The fourth-order valence-electron chi connectivity index (χ4n) is 3.47. The summed E-state index contributed by atoms with van der Waals surface area (Å²) in [6, 6.07) is 2.88. The Hall–Kier alpha value is -2.49. The number of primary amides is 1. The topological polar surface area (TPSA) is 119 Å². The Morgan fingerprint density at radius 3 is 2.83 bits per heavy atom. The number of nitrogens with two attached hydrogens (primary N) is 1. The quantitative estimate of drug-likeness (QED) is 0.660. The molecule has 1 aliphatic heterocycles. The highest BCUT2D eigenvalue weighted by Crippen LogP contribution is 2.31. The largest absolute Gasteiger partial charge is 0.467 e. The van der Waals surface area contributed by atoms with Gasteiger partial charge in [0.1, 0.15) is 5.76 Å². The third-order valence-electron chi connectivity index (χ3n) is 4.87. The van der Waals surface area contributed by atoms with Gasteiger partial charge in [-0.3, -0.25) is 14.7 Å². The molecule has 158 valence electrons. The lowest BCUT2D eigenvalue weighted by Gasteiger charge is -2.31. The SMILES string of the molecule is CC(C)[C@H](Sc1nnc(N2CCC[C@H](C)C2)n1Cc1ccco1)C(=O)NC(N)=O. The Morgan fingerprint density at radius 1 is 1.41 bits per heavy atom. The average molecular weight is 421 g/mol. The molecule has 29 heavy (non-hydrogen) atoms. The van der Waals surface area contributed by atoms with Crippen LogP contribution in [0.2, 0.25) is 0 Å². The molecule has 3 amide bonds. The number of thioether (sulfide) groups is 1. The van der Waals surface area contributed by atoms with Gasteiger partial charge in [-0.1, -0.05) is 32.5 Å². The predicted molar refractivity (Wildman–Crippen MR) is 111 cm³/mol. The molecule has 0 aliphatic carbocycles. The fraction of sp³-hybridized carbons (Fsp3) is 0.579. The summed E-state index contributed by atoms with van der Waals surface area (Å²) in [7, 11) is 0. The minimum Gasteiger partial charge on any atom is -0.467 e. The van der Waals surface area contributed by atoms with Gasteiger partial charge in [0.2, 0.25) is 11.9 Å². The molecule has 1 fully saturated rings. The van der Waals surface area contributed by atoms with Gasteiger partial charge in [0.05, 0.1) is 18.1 Å². The summed E-state index contributed by atoms with van der Waals surface area (Å²) in [6.45, 7) is 8.36. The van der Waals surface area contributed by atoms with E-state index in [1.165, 1.54) is 18.2 Å². The van der Waals surface area contributed by atoms with Crippen LogP contribution in [0.5, 0.6) is 0 Å². The predicted octanol–water partition coefficient (Wildman–Crippen LogP) is 2.47. The lowest BCUT2D eigenvalue weighted by atomic mass is 10.0. The fourth-order valence-corrected chi connectivity index (χ4v) is 4.50. The molecule has 1 saturated heterocycles. The first-order chi connectivity index (χ1) is 13.8. The van der Waals surface area contributed by atoms with E-state index in [4.69, 9.17) is 10.2 Å². The number of piperidine rings is 1. The molecule has 10 heteroatoms. The highest BCUT2D eigenvalue weighted by atomic mass is 32.2.